The minimum atomic E-state index is 0.684. The molecule has 6 nitrogen and oxygen atoms in total. The summed E-state index contributed by atoms with van der Waals surface area (Å²) < 4.78 is 17.6. The Morgan fingerprint density at radius 1 is 0.500 bits per heavy atom. The van der Waals surface area contributed by atoms with Gasteiger partial charge in [0, 0.05) is 69.9 Å². The lowest BCUT2D eigenvalue weighted by molar-refractivity contribution is 0.451. The third kappa shape index (κ3) is 2.82. The molecule has 40 heavy (non-hydrogen) atoms. The lowest BCUT2D eigenvalue weighted by atomic mass is 10.1. The maximum Gasteiger partial charge on any atom is 0.155 e. The minimum absolute atomic E-state index is 0.684. The van der Waals surface area contributed by atoms with E-state index in [1.165, 1.54) is 32.6 Å². The summed E-state index contributed by atoms with van der Waals surface area (Å²) in [5.74, 6) is 2.88. The van der Waals surface area contributed by atoms with E-state index in [0.717, 1.165) is 57.7 Å². The Kier molecular flexibility index (Phi) is 4.21. The highest BCUT2D eigenvalue weighted by molar-refractivity contribution is 6.10. The van der Waals surface area contributed by atoms with E-state index >= 15 is 0 Å². The van der Waals surface area contributed by atoms with E-state index in [1.54, 1.807) is 0 Å². The van der Waals surface area contributed by atoms with Gasteiger partial charge in [0.05, 0.1) is 11.0 Å². The first-order chi connectivity index (χ1) is 19.7. The van der Waals surface area contributed by atoms with Crippen molar-refractivity contribution in [2.24, 2.45) is 9.98 Å². The van der Waals surface area contributed by atoms with Gasteiger partial charge in [0.25, 0.3) is 0 Å². The standard InChI is InChI=1S/C34H24N4O2/c1-3-37-27-11-7-5-9-19(27)21-13-23-33(17-29(21)37)39-31-15-26-32(16-25(31)35-23)40-34-18-30-22(14-24(34)36-26)20-10-6-8-12-28(20)38(30)4-2/h5-18H,3-4H2,1-2H3. The fraction of sp³-hybridized carbons (Fsp3) is 0.118. The summed E-state index contributed by atoms with van der Waals surface area (Å²) in [5, 5.41) is 6.30. The van der Waals surface area contributed by atoms with Crippen molar-refractivity contribution in [1.82, 2.24) is 9.13 Å². The number of rotatable bonds is 2. The molecule has 0 fully saturated rings. The molecule has 0 unspecified atom stereocenters. The Morgan fingerprint density at radius 2 is 0.950 bits per heavy atom. The number of fused-ring (bicyclic) bond motifs is 10. The van der Waals surface area contributed by atoms with E-state index in [0.29, 0.717) is 11.5 Å². The van der Waals surface area contributed by atoms with E-state index in [1.807, 2.05) is 12.1 Å². The first-order valence-electron chi connectivity index (χ1n) is 13.8. The number of ether oxygens (including phenoxy) is 2. The molecule has 6 heteroatoms. The fourth-order valence-corrected chi connectivity index (χ4v) is 6.52. The van der Waals surface area contributed by atoms with E-state index < -0.39 is 0 Å². The number of hydrogen-bond acceptors (Lipinski definition) is 4. The van der Waals surface area contributed by atoms with Crippen molar-refractivity contribution in [3.8, 4) is 23.0 Å². The van der Waals surface area contributed by atoms with Crippen LogP contribution in [0.2, 0.25) is 0 Å². The summed E-state index contributed by atoms with van der Waals surface area (Å²) in [7, 11) is 0. The first-order valence-corrected chi connectivity index (χ1v) is 13.8. The van der Waals surface area contributed by atoms with E-state index in [-0.39, 0.29) is 0 Å². The molecule has 192 valence electrons. The van der Waals surface area contributed by atoms with Gasteiger partial charge in [-0.2, -0.15) is 0 Å². The number of benzene rings is 5. The molecule has 2 aliphatic rings. The van der Waals surface area contributed by atoms with Crippen LogP contribution in [0, 0.1) is 0 Å². The van der Waals surface area contributed by atoms with Gasteiger partial charge in [-0.25, -0.2) is 9.98 Å². The van der Waals surface area contributed by atoms with Crippen LogP contribution in [0.5, 0.6) is 23.0 Å². The number of nitrogens with zero attached hydrogens (tertiary/aromatic N) is 4. The van der Waals surface area contributed by atoms with Gasteiger partial charge in [0.15, 0.2) is 23.0 Å². The molecule has 0 N–H and O–H groups in total. The molecule has 0 atom stereocenters. The lowest BCUT2D eigenvalue weighted by Crippen LogP contribution is -2.18. The summed E-state index contributed by atoms with van der Waals surface area (Å²) >= 11 is 0. The lowest BCUT2D eigenvalue weighted by Gasteiger charge is -2.18. The number of aryl methyl sites for hydroxylation is 2. The molecule has 0 saturated carbocycles. The van der Waals surface area contributed by atoms with Crippen LogP contribution < -0.4 is 20.2 Å². The molecule has 0 aliphatic carbocycles. The van der Waals surface area contributed by atoms with Crippen molar-refractivity contribution in [1.29, 1.82) is 0 Å². The molecule has 0 saturated heterocycles. The molecule has 5 aromatic carbocycles. The van der Waals surface area contributed by atoms with Crippen LogP contribution in [0.3, 0.4) is 0 Å². The first kappa shape index (κ1) is 21.8. The van der Waals surface area contributed by atoms with Crippen LogP contribution in [-0.4, -0.2) is 9.13 Å². The van der Waals surface area contributed by atoms with Gasteiger partial charge in [-0.05, 0) is 38.1 Å². The molecular weight excluding hydrogens is 496 g/mol. The second-order valence-corrected chi connectivity index (χ2v) is 10.4. The highest BCUT2D eigenvalue weighted by atomic mass is 16.5. The SMILES string of the molecule is CCn1c2ccccc2c2cc3c(cc21)Oc1cc2c(cc1=N3)Oc1cc3c(cc1N=2)c1ccccc1n3CC. The van der Waals surface area contributed by atoms with Gasteiger partial charge in [-0.3, -0.25) is 0 Å². The Morgan fingerprint density at radius 3 is 1.40 bits per heavy atom. The second kappa shape index (κ2) is 7.73. The summed E-state index contributed by atoms with van der Waals surface area (Å²) in [5.41, 5.74) is 6.38. The van der Waals surface area contributed by atoms with Crippen molar-refractivity contribution in [3.63, 3.8) is 0 Å². The van der Waals surface area contributed by atoms with Crippen molar-refractivity contribution < 1.29 is 9.47 Å². The smallest absolute Gasteiger partial charge is 0.155 e. The van der Waals surface area contributed by atoms with Gasteiger partial charge in [0.1, 0.15) is 22.1 Å². The Hall–Kier alpha value is -5.10. The van der Waals surface area contributed by atoms with Crippen LogP contribution in [0.1, 0.15) is 13.8 Å². The molecule has 2 aliphatic heterocycles. The summed E-state index contributed by atoms with van der Waals surface area (Å²) in [6.45, 7) is 6.10. The Balaban J connectivity index is 1.22. The quantitative estimate of drug-likeness (QED) is 0.231. The Labute approximate surface area is 229 Å². The third-order valence-corrected chi connectivity index (χ3v) is 8.30. The average Bonchev–Trinajstić information content (AvgIpc) is 3.46. The number of aromatic nitrogens is 2. The van der Waals surface area contributed by atoms with Crippen molar-refractivity contribution in [2.45, 2.75) is 26.9 Å². The molecule has 0 spiro atoms. The van der Waals surface area contributed by atoms with Gasteiger partial charge in [-0.15, -0.1) is 0 Å². The van der Waals surface area contributed by atoms with E-state index in [2.05, 4.69) is 95.8 Å². The third-order valence-electron chi connectivity index (χ3n) is 8.30. The van der Waals surface area contributed by atoms with Crippen LogP contribution in [0.4, 0.5) is 11.4 Å². The molecule has 0 bridgehead atoms. The molecule has 0 amide bonds. The number of hydrogen-bond donors (Lipinski definition) is 0. The van der Waals surface area contributed by atoms with Gasteiger partial charge < -0.3 is 18.6 Å². The molecule has 2 aromatic heterocycles. The van der Waals surface area contributed by atoms with Crippen molar-refractivity contribution in [2.75, 3.05) is 0 Å². The fourth-order valence-electron chi connectivity index (χ4n) is 6.52. The molecule has 4 heterocycles. The topological polar surface area (TPSA) is 53.0 Å². The minimum Gasteiger partial charge on any atom is -0.453 e. The number of para-hydroxylation sites is 2. The van der Waals surface area contributed by atoms with Crippen LogP contribution >= 0.6 is 0 Å². The average molecular weight is 521 g/mol. The molecular formula is C34H24N4O2. The van der Waals surface area contributed by atoms with Gasteiger partial charge in [0.2, 0.25) is 0 Å². The largest absolute Gasteiger partial charge is 0.453 e. The predicted molar refractivity (Wildman–Crippen MR) is 158 cm³/mol. The summed E-state index contributed by atoms with van der Waals surface area (Å²) in [6.07, 6.45) is 0. The van der Waals surface area contributed by atoms with E-state index in [9.17, 15) is 0 Å². The zero-order valence-electron chi connectivity index (χ0n) is 22.1. The van der Waals surface area contributed by atoms with Crippen molar-refractivity contribution >= 4 is 55.0 Å². The zero-order valence-corrected chi connectivity index (χ0v) is 22.1. The van der Waals surface area contributed by atoms with Crippen molar-refractivity contribution in [3.05, 3.63) is 95.6 Å². The summed E-state index contributed by atoms with van der Waals surface area (Å²) in [4.78, 5) is 10.0. The van der Waals surface area contributed by atoms with Crippen LogP contribution in [-0.2, 0) is 13.1 Å². The van der Waals surface area contributed by atoms with E-state index in [4.69, 9.17) is 19.5 Å². The molecule has 9 rings (SSSR count). The second-order valence-electron chi connectivity index (χ2n) is 10.4. The van der Waals surface area contributed by atoms with Crippen LogP contribution in [0.25, 0.3) is 43.6 Å². The zero-order chi connectivity index (χ0) is 26.5. The normalized spacial score (nSPS) is 13.2. The molecule has 7 aromatic rings. The monoisotopic (exact) mass is 520 g/mol. The highest BCUT2D eigenvalue weighted by Crippen LogP contribution is 2.43. The van der Waals surface area contributed by atoms with Gasteiger partial charge in [-0.1, -0.05) is 36.4 Å². The molecule has 0 radical (unpaired) electrons. The summed E-state index contributed by atoms with van der Waals surface area (Å²) in [6, 6.07) is 29.4. The predicted octanol–water partition coefficient (Wildman–Crippen LogP) is 8.06. The Bertz CT molecular complexity index is 2190. The highest BCUT2D eigenvalue weighted by Gasteiger charge is 2.22. The van der Waals surface area contributed by atoms with Crippen LogP contribution in [0.15, 0.2) is 94.9 Å². The van der Waals surface area contributed by atoms with Gasteiger partial charge >= 0.3 is 0 Å². The maximum atomic E-state index is 6.45. The maximum absolute atomic E-state index is 6.45.